The van der Waals surface area contributed by atoms with E-state index >= 15 is 0 Å². The zero-order valence-corrected chi connectivity index (χ0v) is 23.7. The summed E-state index contributed by atoms with van der Waals surface area (Å²) in [5, 5.41) is 4.24. The highest BCUT2D eigenvalue weighted by Gasteiger charge is 2.33. The van der Waals surface area contributed by atoms with Crippen molar-refractivity contribution in [2.75, 3.05) is 10.6 Å². The molecule has 0 atom stereocenters. The number of hydrazine groups is 1. The van der Waals surface area contributed by atoms with Gasteiger partial charge < -0.3 is 15.4 Å². The molecule has 0 aliphatic rings. The SMILES string of the molecule is O=C(/C=C/c1cccc(C(F)(F)F)c1)NNC(=O)c1cc(Oc2ccc(NC(=O)Nc3ccc(Cl)c(C(F)(F)F)c3)cc2)ccn1. The van der Waals surface area contributed by atoms with E-state index in [0.717, 1.165) is 30.4 Å². The molecule has 0 bridgehead atoms. The third-order valence-electron chi connectivity index (χ3n) is 5.78. The normalized spacial score (nSPS) is 11.5. The predicted molar refractivity (Wildman–Crippen MR) is 156 cm³/mol. The Balaban J connectivity index is 1.29. The Labute approximate surface area is 261 Å². The van der Waals surface area contributed by atoms with Gasteiger partial charge in [0.2, 0.25) is 0 Å². The fourth-order valence-electron chi connectivity index (χ4n) is 3.67. The predicted octanol–water partition coefficient (Wildman–Crippen LogP) is 7.68. The largest absolute Gasteiger partial charge is 0.457 e. The molecular formula is C30H20ClF6N5O4. The first-order chi connectivity index (χ1) is 21.7. The number of hydrogen-bond donors (Lipinski definition) is 4. The Kier molecular flexibility index (Phi) is 10.2. The van der Waals surface area contributed by atoms with Gasteiger partial charge >= 0.3 is 18.4 Å². The number of nitrogens with zero attached hydrogens (tertiary/aromatic N) is 1. The van der Waals surface area contributed by atoms with E-state index in [1.54, 1.807) is 0 Å². The molecule has 9 nitrogen and oxygen atoms in total. The van der Waals surface area contributed by atoms with Gasteiger partial charge in [-0.2, -0.15) is 26.3 Å². The smallest absolute Gasteiger partial charge is 0.417 e. The lowest BCUT2D eigenvalue weighted by atomic mass is 10.1. The van der Waals surface area contributed by atoms with Gasteiger partial charge in [-0.05, 0) is 72.3 Å². The van der Waals surface area contributed by atoms with Crippen LogP contribution >= 0.6 is 11.6 Å². The van der Waals surface area contributed by atoms with E-state index in [-0.39, 0.29) is 34.1 Å². The van der Waals surface area contributed by atoms with E-state index in [4.69, 9.17) is 16.3 Å². The number of carbonyl (C=O) groups is 3. The van der Waals surface area contributed by atoms with Crippen LogP contribution < -0.4 is 26.2 Å². The zero-order chi connectivity index (χ0) is 33.5. The Morgan fingerprint density at radius 2 is 1.46 bits per heavy atom. The molecule has 0 aliphatic carbocycles. The monoisotopic (exact) mass is 663 g/mol. The molecule has 3 aromatic carbocycles. The van der Waals surface area contributed by atoms with E-state index in [9.17, 15) is 40.7 Å². The van der Waals surface area contributed by atoms with Crippen molar-refractivity contribution in [1.82, 2.24) is 15.8 Å². The molecule has 0 spiro atoms. The molecule has 0 saturated carbocycles. The lowest BCUT2D eigenvalue weighted by molar-refractivity contribution is -0.138. The highest BCUT2D eigenvalue weighted by atomic mass is 35.5. The molecular weight excluding hydrogens is 644 g/mol. The second-order valence-corrected chi connectivity index (χ2v) is 9.58. The van der Waals surface area contributed by atoms with Gasteiger partial charge in [0.15, 0.2) is 0 Å². The molecule has 0 aliphatic heterocycles. The van der Waals surface area contributed by atoms with Crippen molar-refractivity contribution in [3.63, 3.8) is 0 Å². The minimum atomic E-state index is -4.70. The average Bonchev–Trinajstić information content (AvgIpc) is 3.00. The Morgan fingerprint density at radius 1 is 0.761 bits per heavy atom. The summed E-state index contributed by atoms with van der Waals surface area (Å²) in [4.78, 5) is 40.6. The van der Waals surface area contributed by atoms with Crippen LogP contribution in [0.4, 0.5) is 42.5 Å². The molecule has 1 heterocycles. The van der Waals surface area contributed by atoms with Gasteiger partial charge in [-0.25, -0.2) is 4.79 Å². The Morgan fingerprint density at radius 3 is 2.15 bits per heavy atom. The van der Waals surface area contributed by atoms with Gasteiger partial charge in [-0.1, -0.05) is 23.7 Å². The van der Waals surface area contributed by atoms with Gasteiger partial charge in [0, 0.05) is 29.7 Å². The second-order valence-electron chi connectivity index (χ2n) is 9.17. The highest BCUT2D eigenvalue weighted by molar-refractivity contribution is 6.31. The van der Waals surface area contributed by atoms with Gasteiger partial charge in [0.05, 0.1) is 16.1 Å². The highest BCUT2D eigenvalue weighted by Crippen LogP contribution is 2.36. The number of aromatic nitrogens is 1. The number of pyridine rings is 1. The maximum atomic E-state index is 13.1. The van der Waals surface area contributed by atoms with Crippen molar-refractivity contribution in [3.8, 4) is 11.5 Å². The first-order valence-corrected chi connectivity index (χ1v) is 13.2. The number of carbonyl (C=O) groups excluding carboxylic acids is 3. The van der Waals surface area contributed by atoms with E-state index in [2.05, 4.69) is 26.5 Å². The van der Waals surface area contributed by atoms with Crippen LogP contribution in [0.5, 0.6) is 11.5 Å². The van der Waals surface area contributed by atoms with Crippen molar-refractivity contribution in [2.24, 2.45) is 0 Å². The van der Waals surface area contributed by atoms with Crippen molar-refractivity contribution >= 4 is 46.9 Å². The number of amides is 4. The number of benzene rings is 3. The van der Waals surface area contributed by atoms with Crippen molar-refractivity contribution in [1.29, 1.82) is 0 Å². The Hall–Kier alpha value is -5.57. The minimum Gasteiger partial charge on any atom is -0.457 e. The number of nitrogens with one attached hydrogen (secondary N) is 4. The van der Waals surface area contributed by atoms with E-state index in [1.165, 1.54) is 60.8 Å². The van der Waals surface area contributed by atoms with Gasteiger partial charge in [0.25, 0.3) is 11.8 Å². The summed E-state index contributed by atoms with van der Waals surface area (Å²) in [7, 11) is 0. The van der Waals surface area contributed by atoms with Crippen molar-refractivity contribution in [3.05, 3.63) is 119 Å². The van der Waals surface area contributed by atoms with Crippen LogP contribution in [0.15, 0.2) is 91.1 Å². The maximum absolute atomic E-state index is 13.1. The molecule has 238 valence electrons. The standard InChI is InChI=1S/C30H20ClF6N5O4/c31-24-10-7-20(15-23(24)30(35,36)37)40-28(45)39-19-5-8-21(9-6-19)46-22-12-13-38-25(16-22)27(44)42-41-26(43)11-4-17-2-1-3-18(14-17)29(32,33)34/h1-16H,(H,41,43)(H,42,44)(H2,39,40,45)/b11-4+. The molecule has 0 saturated heterocycles. The van der Waals surface area contributed by atoms with E-state index in [0.29, 0.717) is 6.07 Å². The third kappa shape index (κ3) is 9.46. The lowest BCUT2D eigenvalue weighted by Gasteiger charge is -2.12. The first-order valence-electron chi connectivity index (χ1n) is 12.8. The summed E-state index contributed by atoms with van der Waals surface area (Å²) in [6.45, 7) is 0. The molecule has 4 amide bonds. The van der Waals surface area contributed by atoms with Crippen molar-refractivity contribution in [2.45, 2.75) is 12.4 Å². The van der Waals surface area contributed by atoms with Crippen LogP contribution in [0.2, 0.25) is 5.02 Å². The molecule has 4 N–H and O–H groups in total. The molecule has 4 aromatic rings. The fraction of sp³-hybridized carbons (Fsp3) is 0.0667. The van der Waals surface area contributed by atoms with Crippen LogP contribution in [0.1, 0.15) is 27.2 Å². The number of hydrogen-bond acceptors (Lipinski definition) is 5. The summed E-state index contributed by atoms with van der Waals surface area (Å²) in [6.07, 6.45) is -5.90. The van der Waals surface area contributed by atoms with Crippen LogP contribution in [-0.4, -0.2) is 22.8 Å². The lowest BCUT2D eigenvalue weighted by Crippen LogP contribution is -2.41. The Bertz CT molecular complexity index is 1780. The first kappa shape index (κ1) is 33.3. The van der Waals surface area contributed by atoms with Gasteiger partial charge in [-0.3, -0.25) is 25.4 Å². The van der Waals surface area contributed by atoms with Crippen molar-refractivity contribution < 1.29 is 45.5 Å². The summed E-state index contributed by atoms with van der Waals surface area (Å²) >= 11 is 5.59. The number of rotatable bonds is 7. The topological polar surface area (TPSA) is 121 Å². The summed E-state index contributed by atoms with van der Waals surface area (Å²) < 4.78 is 83.4. The number of anilines is 2. The molecule has 16 heteroatoms. The van der Waals surface area contributed by atoms with E-state index in [1.807, 2.05) is 0 Å². The molecule has 4 rings (SSSR count). The number of halogens is 7. The molecule has 1 aromatic heterocycles. The quantitative estimate of drug-likeness (QED) is 0.0918. The summed E-state index contributed by atoms with van der Waals surface area (Å²) in [5.74, 6) is -1.18. The molecule has 0 fully saturated rings. The van der Waals surface area contributed by atoms with E-state index < -0.39 is 46.3 Å². The summed E-state index contributed by atoms with van der Waals surface area (Å²) in [6, 6.07) is 15.0. The summed E-state index contributed by atoms with van der Waals surface area (Å²) in [5.41, 5.74) is 2.36. The van der Waals surface area contributed by atoms with Gasteiger partial charge in [0.1, 0.15) is 17.2 Å². The fourth-order valence-corrected chi connectivity index (χ4v) is 3.89. The molecule has 0 radical (unpaired) electrons. The third-order valence-corrected chi connectivity index (χ3v) is 6.11. The average molecular weight is 664 g/mol. The molecule has 0 unspecified atom stereocenters. The van der Waals surface area contributed by atoms with Crippen LogP contribution in [0, 0.1) is 0 Å². The molecule has 46 heavy (non-hydrogen) atoms. The number of alkyl halides is 6. The van der Waals surface area contributed by atoms with Crippen LogP contribution in [0.3, 0.4) is 0 Å². The number of ether oxygens (including phenoxy) is 1. The van der Waals surface area contributed by atoms with Crippen LogP contribution in [-0.2, 0) is 17.1 Å². The van der Waals surface area contributed by atoms with Crippen LogP contribution in [0.25, 0.3) is 6.08 Å². The zero-order valence-electron chi connectivity index (χ0n) is 23.0. The maximum Gasteiger partial charge on any atom is 0.417 e. The minimum absolute atomic E-state index is 0.121. The van der Waals surface area contributed by atoms with Gasteiger partial charge in [-0.15, -0.1) is 0 Å². The number of urea groups is 1. The second kappa shape index (κ2) is 14.0.